The molecule has 0 aliphatic carbocycles. The molecule has 0 bridgehead atoms. The average molecular weight is 272 g/mol. The van der Waals surface area contributed by atoms with Crippen LogP contribution in [0.5, 0.6) is 0 Å². The molecule has 0 radical (unpaired) electrons. The van der Waals surface area contributed by atoms with Gasteiger partial charge in [0.2, 0.25) is 12.0 Å². The number of methoxy groups -OCH3 is 2. The van der Waals surface area contributed by atoms with Crippen molar-refractivity contribution >= 4 is 27.0 Å². The maximum absolute atomic E-state index is 5.48. The number of furan rings is 1. The van der Waals surface area contributed by atoms with Gasteiger partial charge in [-0.1, -0.05) is 0 Å². The summed E-state index contributed by atoms with van der Waals surface area (Å²) in [5, 5.41) is 0.915. The van der Waals surface area contributed by atoms with E-state index in [1.807, 2.05) is 12.1 Å². The second-order valence-corrected chi connectivity index (χ2v) is 3.92. The molecular weight excluding hydrogens is 262 g/mol. The minimum Gasteiger partial charge on any atom is -0.437 e. The topological polar surface area (TPSA) is 44.5 Å². The molecule has 4 nitrogen and oxygen atoms in total. The summed E-state index contributed by atoms with van der Waals surface area (Å²) >= 11 is 3.35. The highest BCUT2D eigenvalue weighted by Gasteiger charge is 2.15. The van der Waals surface area contributed by atoms with Gasteiger partial charge in [-0.25, -0.2) is 4.98 Å². The smallest absolute Gasteiger partial charge is 0.226 e. The first-order valence-corrected chi connectivity index (χ1v) is 5.14. The first kappa shape index (κ1) is 10.6. The SMILES string of the molecule is COC(OC)c1cc2cc(Br)cnc2o1. The summed E-state index contributed by atoms with van der Waals surface area (Å²) in [5.74, 6) is 0.612. The lowest BCUT2D eigenvalue weighted by atomic mass is 10.3. The van der Waals surface area contributed by atoms with E-state index >= 15 is 0 Å². The van der Waals surface area contributed by atoms with Crippen LogP contribution in [0.25, 0.3) is 11.1 Å². The summed E-state index contributed by atoms with van der Waals surface area (Å²) in [4.78, 5) is 4.13. The van der Waals surface area contributed by atoms with Crippen LogP contribution >= 0.6 is 15.9 Å². The number of hydrogen-bond donors (Lipinski definition) is 0. The molecule has 5 heteroatoms. The molecule has 80 valence electrons. The molecule has 0 aliphatic heterocycles. The van der Waals surface area contributed by atoms with Gasteiger partial charge in [0.1, 0.15) is 0 Å². The van der Waals surface area contributed by atoms with Gasteiger partial charge in [0.25, 0.3) is 0 Å². The first-order valence-electron chi connectivity index (χ1n) is 4.35. The van der Waals surface area contributed by atoms with E-state index in [9.17, 15) is 0 Å². The average Bonchev–Trinajstić information content (AvgIpc) is 2.62. The standard InChI is InChI=1S/C10H10BrNO3/c1-13-10(14-2)8-4-6-3-7(11)5-12-9(6)15-8/h3-5,10H,1-2H3. The zero-order valence-corrected chi connectivity index (χ0v) is 9.95. The Kier molecular flexibility index (Phi) is 3.04. The van der Waals surface area contributed by atoms with Gasteiger partial charge < -0.3 is 13.9 Å². The number of aromatic nitrogens is 1. The fourth-order valence-corrected chi connectivity index (χ4v) is 1.72. The second kappa shape index (κ2) is 4.30. The monoisotopic (exact) mass is 271 g/mol. The summed E-state index contributed by atoms with van der Waals surface area (Å²) < 4.78 is 16.6. The maximum atomic E-state index is 5.48. The number of halogens is 1. The van der Waals surface area contributed by atoms with E-state index in [2.05, 4.69) is 20.9 Å². The molecule has 2 aromatic heterocycles. The lowest BCUT2D eigenvalue weighted by Gasteiger charge is -2.08. The molecule has 0 aromatic carbocycles. The van der Waals surface area contributed by atoms with Crippen molar-refractivity contribution in [3.05, 3.63) is 28.6 Å². The second-order valence-electron chi connectivity index (χ2n) is 3.00. The van der Waals surface area contributed by atoms with Crippen molar-refractivity contribution < 1.29 is 13.9 Å². The van der Waals surface area contributed by atoms with Crippen molar-refractivity contribution in [3.63, 3.8) is 0 Å². The van der Waals surface area contributed by atoms with E-state index in [0.29, 0.717) is 11.5 Å². The van der Waals surface area contributed by atoms with Crippen LogP contribution in [0.3, 0.4) is 0 Å². The molecule has 0 spiro atoms. The lowest BCUT2D eigenvalue weighted by Crippen LogP contribution is -2.01. The lowest BCUT2D eigenvalue weighted by molar-refractivity contribution is -0.117. The predicted molar refractivity (Wildman–Crippen MR) is 58.5 cm³/mol. The largest absolute Gasteiger partial charge is 0.437 e. The van der Waals surface area contributed by atoms with Crippen LogP contribution in [0.1, 0.15) is 12.1 Å². The summed E-state index contributed by atoms with van der Waals surface area (Å²) in [5.41, 5.74) is 0.576. The number of pyridine rings is 1. The maximum Gasteiger partial charge on any atom is 0.226 e. The molecule has 0 atom stereocenters. The molecule has 0 N–H and O–H groups in total. The Hall–Kier alpha value is -0.910. The van der Waals surface area contributed by atoms with E-state index in [1.165, 1.54) is 0 Å². The minimum atomic E-state index is -0.488. The molecule has 0 saturated carbocycles. The molecule has 2 aromatic rings. The third-order valence-corrected chi connectivity index (χ3v) is 2.45. The Balaban J connectivity index is 2.46. The fourth-order valence-electron chi connectivity index (χ4n) is 1.37. The molecule has 0 fully saturated rings. The molecule has 2 heterocycles. The van der Waals surface area contributed by atoms with Crippen molar-refractivity contribution in [3.8, 4) is 0 Å². The van der Waals surface area contributed by atoms with Crippen molar-refractivity contribution in [1.29, 1.82) is 0 Å². The van der Waals surface area contributed by atoms with Gasteiger partial charge in [-0.2, -0.15) is 0 Å². The van der Waals surface area contributed by atoms with Gasteiger partial charge in [-0.05, 0) is 28.1 Å². The zero-order chi connectivity index (χ0) is 10.8. The van der Waals surface area contributed by atoms with Gasteiger partial charge >= 0.3 is 0 Å². The number of nitrogens with zero attached hydrogens (tertiary/aromatic N) is 1. The Bertz CT molecular complexity index is 465. The van der Waals surface area contributed by atoms with Crippen LogP contribution in [-0.2, 0) is 9.47 Å². The van der Waals surface area contributed by atoms with E-state index in [1.54, 1.807) is 20.4 Å². The van der Waals surface area contributed by atoms with Crippen LogP contribution in [0, 0.1) is 0 Å². The van der Waals surface area contributed by atoms with Crippen molar-refractivity contribution in [1.82, 2.24) is 4.98 Å². The van der Waals surface area contributed by atoms with Crippen LogP contribution in [0.4, 0.5) is 0 Å². The van der Waals surface area contributed by atoms with E-state index in [-0.39, 0.29) is 0 Å². The van der Waals surface area contributed by atoms with Gasteiger partial charge in [-0.3, -0.25) is 0 Å². The van der Waals surface area contributed by atoms with E-state index in [0.717, 1.165) is 9.86 Å². The summed E-state index contributed by atoms with van der Waals surface area (Å²) in [6.07, 6.45) is 1.20. The van der Waals surface area contributed by atoms with Crippen molar-refractivity contribution in [2.45, 2.75) is 6.29 Å². The highest BCUT2D eigenvalue weighted by molar-refractivity contribution is 9.10. The van der Waals surface area contributed by atoms with Crippen LogP contribution < -0.4 is 0 Å². The van der Waals surface area contributed by atoms with E-state index in [4.69, 9.17) is 13.9 Å². The van der Waals surface area contributed by atoms with Crippen LogP contribution in [0.15, 0.2) is 27.2 Å². The van der Waals surface area contributed by atoms with E-state index < -0.39 is 6.29 Å². The summed E-state index contributed by atoms with van der Waals surface area (Å²) in [7, 11) is 3.12. The highest BCUT2D eigenvalue weighted by atomic mass is 79.9. The first-order chi connectivity index (χ1) is 7.24. The van der Waals surface area contributed by atoms with Gasteiger partial charge in [0, 0.05) is 30.3 Å². The molecule has 0 saturated heterocycles. The minimum absolute atomic E-state index is 0.488. The summed E-state index contributed by atoms with van der Waals surface area (Å²) in [6.45, 7) is 0. The predicted octanol–water partition coefficient (Wildman–Crippen LogP) is 2.88. The Morgan fingerprint density at radius 3 is 2.73 bits per heavy atom. The quantitative estimate of drug-likeness (QED) is 0.806. The zero-order valence-electron chi connectivity index (χ0n) is 8.36. The van der Waals surface area contributed by atoms with Crippen molar-refractivity contribution in [2.24, 2.45) is 0 Å². The molecular formula is C10H10BrNO3. The Morgan fingerprint density at radius 2 is 2.07 bits per heavy atom. The molecule has 0 aliphatic rings. The molecule has 0 amide bonds. The van der Waals surface area contributed by atoms with Gasteiger partial charge in [0.15, 0.2) is 5.76 Å². The van der Waals surface area contributed by atoms with Crippen LogP contribution in [-0.4, -0.2) is 19.2 Å². The third-order valence-electron chi connectivity index (χ3n) is 2.02. The van der Waals surface area contributed by atoms with Gasteiger partial charge in [0.05, 0.1) is 0 Å². The number of rotatable bonds is 3. The molecule has 15 heavy (non-hydrogen) atoms. The Morgan fingerprint density at radius 1 is 1.33 bits per heavy atom. The van der Waals surface area contributed by atoms with Gasteiger partial charge in [-0.15, -0.1) is 0 Å². The van der Waals surface area contributed by atoms with Crippen molar-refractivity contribution in [2.75, 3.05) is 14.2 Å². The molecule has 0 unspecified atom stereocenters. The number of fused-ring (bicyclic) bond motifs is 1. The highest BCUT2D eigenvalue weighted by Crippen LogP contribution is 2.26. The molecule has 2 rings (SSSR count). The van der Waals surface area contributed by atoms with Crippen LogP contribution in [0.2, 0.25) is 0 Å². The Labute approximate surface area is 95.3 Å². The third kappa shape index (κ3) is 2.04. The number of hydrogen-bond acceptors (Lipinski definition) is 4. The fraction of sp³-hybridized carbons (Fsp3) is 0.300. The summed E-state index contributed by atoms with van der Waals surface area (Å²) in [6, 6.07) is 3.78. The number of ether oxygens (including phenoxy) is 2. The normalized spacial score (nSPS) is 11.5.